The van der Waals surface area contributed by atoms with E-state index in [4.69, 9.17) is 5.26 Å². The Balaban J connectivity index is 2.04. The molecule has 114 valence electrons. The van der Waals surface area contributed by atoms with Crippen molar-refractivity contribution in [3.05, 3.63) is 29.1 Å². The van der Waals surface area contributed by atoms with E-state index in [9.17, 15) is 4.39 Å². The molecule has 2 nitrogen and oxygen atoms in total. The lowest BCUT2D eigenvalue weighted by Gasteiger charge is -2.37. The van der Waals surface area contributed by atoms with Gasteiger partial charge in [0.15, 0.2) is 0 Å². The van der Waals surface area contributed by atoms with Gasteiger partial charge in [-0.05, 0) is 56.1 Å². The molecule has 0 heterocycles. The largest absolute Gasteiger partial charge is 0.382 e. The molecule has 0 unspecified atom stereocenters. The normalized spacial score (nSPS) is 22.7. The van der Waals surface area contributed by atoms with Crippen molar-refractivity contribution in [1.82, 2.24) is 0 Å². The van der Waals surface area contributed by atoms with E-state index in [1.165, 1.54) is 18.9 Å². The van der Waals surface area contributed by atoms with Crippen molar-refractivity contribution in [2.45, 2.75) is 59.4 Å². The summed E-state index contributed by atoms with van der Waals surface area (Å²) in [4.78, 5) is 0. The van der Waals surface area contributed by atoms with Crippen LogP contribution in [0, 0.1) is 35.4 Å². The standard InChI is InChI=1S/C18H25FN2/c1-12-16(19)9-13(11-20)10-17(12)21-15-7-5-14(6-8-15)18(2,3)4/h9-10,14-15,21H,5-8H2,1-4H3. The fraction of sp³-hybridized carbons (Fsp3) is 0.611. The maximum Gasteiger partial charge on any atom is 0.129 e. The van der Waals surface area contributed by atoms with E-state index in [1.807, 2.05) is 6.07 Å². The Morgan fingerprint density at radius 1 is 1.19 bits per heavy atom. The highest BCUT2D eigenvalue weighted by atomic mass is 19.1. The van der Waals surface area contributed by atoms with Gasteiger partial charge in [0.25, 0.3) is 0 Å². The summed E-state index contributed by atoms with van der Waals surface area (Å²) in [5, 5.41) is 12.4. The highest BCUT2D eigenvalue weighted by Crippen LogP contribution is 2.38. The number of rotatable bonds is 2. The van der Waals surface area contributed by atoms with Crippen molar-refractivity contribution < 1.29 is 4.39 Å². The molecule has 1 aliphatic carbocycles. The monoisotopic (exact) mass is 288 g/mol. The van der Waals surface area contributed by atoms with E-state index >= 15 is 0 Å². The van der Waals surface area contributed by atoms with Gasteiger partial charge in [-0.15, -0.1) is 0 Å². The highest BCUT2D eigenvalue weighted by Gasteiger charge is 2.29. The number of nitrogens with one attached hydrogen (secondary N) is 1. The van der Waals surface area contributed by atoms with E-state index in [0.29, 0.717) is 22.6 Å². The van der Waals surface area contributed by atoms with Crippen molar-refractivity contribution in [2.75, 3.05) is 5.32 Å². The average molecular weight is 288 g/mol. The summed E-state index contributed by atoms with van der Waals surface area (Å²) in [5.41, 5.74) is 2.12. The van der Waals surface area contributed by atoms with E-state index in [2.05, 4.69) is 26.1 Å². The SMILES string of the molecule is Cc1c(F)cc(C#N)cc1NC1CCC(C(C)(C)C)CC1. The summed E-state index contributed by atoms with van der Waals surface area (Å²) in [6.07, 6.45) is 4.64. The van der Waals surface area contributed by atoms with Gasteiger partial charge in [-0.2, -0.15) is 5.26 Å². The van der Waals surface area contributed by atoms with Gasteiger partial charge >= 0.3 is 0 Å². The molecule has 0 bridgehead atoms. The van der Waals surface area contributed by atoms with Crippen LogP contribution in [0.25, 0.3) is 0 Å². The molecule has 0 radical (unpaired) electrons. The van der Waals surface area contributed by atoms with Crippen LogP contribution >= 0.6 is 0 Å². The first-order chi connectivity index (χ1) is 9.81. The zero-order chi connectivity index (χ0) is 15.6. The molecule has 0 atom stereocenters. The van der Waals surface area contributed by atoms with Crippen LogP contribution in [0.15, 0.2) is 12.1 Å². The van der Waals surface area contributed by atoms with E-state index in [1.54, 1.807) is 13.0 Å². The number of benzene rings is 1. The lowest BCUT2D eigenvalue weighted by molar-refractivity contribution is 0.173. The van der Waals surface area contributed by atoms with Gasteiger partial charge in [-0.1, -0.05) is 20.8 Å². The Kier molecular flexibility index (Phi) is 4.56. The topological polar surface area (TPSA) is 35.8 Å². The van der Waals surface area contributed by atoms with Crippen LogP contribution in [-0.4, -0.2) is 6.04 Å². The molecular formula is C18H25FN2. The quantitative estimate of drug-likeness (QED) is 0.829. The van der Waals surface area contributed by atoms with Crippen LogP contribution < -0.4 is 5.32 Å². The predicted molar refractivity (Wildman–Crippen MR) is 84.7 cm³/mol. The smallest absolute Gasteiger partial charge is 0.129 e. The first-order valence-corrected chi connectivity index (χ1v) is 7.78. The van der Waals surface area contributed by atoms with Crippen LogP contribution in [0.2, 0.25) is 0 Å². The molecule has 0 saturated heterocycles. The van der Waals surface area contributed by atoms with E-state index in [0.717, 1.165) is 24.4 Å². The summed E-state index contributed by atoms with van der Waals surface area (Å²) >= 11 is 0. The molecule has 1 aromatic rings. The lowest BCUT2D eigenvalue weighted by Crippen LogP contribution is -2.31. The minimum Gasteiger partial charge on any atom is -0.382 e. The first-order valence-electron chi connectivity index (χ1n) is 7.78. The Bertz CT molecular complexity index is 544. The second kappa shape index (κ2) is 6.05. The molecule has 0 amide bonds. The van der Waals surface area contributed by atoms with Crippen molar-refractivity contribution in [1.29, 1.82) is 5.26 Å². The summed E-state index contributed by atoms with van der Waals surface area (Å²) in [6.45, 7) is 8.68. The second-order valence-electron chi connectivity index (χ2n) is 7.30. The van der Waals surface area contributed by atoms with Gasteiger partial charge in [0.1, 0.15) is 5.82 Å². The van der Waals surface area contributed by atoms with Crippen molar-refractivity contribution in [2.24, 2.45) is 11.3 Å². The molecule has 2 rings (SSSR count). The summed E-state index contributed by atoms with van der Waals surface area (Å²) in [5.74, 6) is 0.457. The van der Waals surface area contributed by atoms with Crippen LogP contribution in [-0.2, 0) is 0 Å². The van der Waals surface area contributed by atoms with Crippen LogP contribution in [0.4, 0.5) is 10.1 Å². The molecule has 0 aromatic heterocycles. The molecule has 1 fully saturated rings. The lowest BCUT2D eigenvalue weighted by atomic mass is 9.71. The molecule has 3 heteroatoms. The number of halogens is 1. The molecule has 0 aliphatic heterocycles. The Hall–Kier alpha value is -1.56. The van der Waals surface area contributed by atoms with Gasteiger partial charge in [-0.25, -0.2) is 4.39 Å². The van der Waals surface area contributed by atoms with E-state index < -0.39 is 0 Å². The van der Waals surface area contributed by atoms with Crippen LogP contribution in [0.5, 0.6) is 0 Å². The number of nitriles is 1. The van der Waals surface area contributed by atoms with Crippen molar-refractivity contribution >= 4 is 5.69 Å². The third-order valence-corrected chi connectivity index (χ3v) is 4.78. The Labute approximate surface area is 127 Å². The van der Waals surface area contributed by atoms with Crippen molar-refractivity contribution in [3.8, 4) is 6.07 Å². The molecular weight excluding hydrogens is 263 g/mol. The summed E-state index contributed by atoms with van der Waals surface area (Å²) in [6, 6.07) is 5.47. The fourth-order valence-electron chi connectivity index (χ4n) is 3.22. The predicted octanol–water partition coefficient (Wildman–Crippen LogP) is 5.02. The van der Waals surface area contributed by atoms with Gasteiger partial charge in [0.2, 0.25) is 0 Å². The number of hydrogen-bond donors (Lipinski definition) is 1. The van der Waals surface area contributed by atoms with Gasteiger partial charge in [-0.3, -0.25) is 0 Å². The molecule has 1 N–H and O–H groups in total. The van der Waals surface area contributed by atoms with Crippen LogP contribution in [0.3, 0.4) is 0 Å². The Morgan fingerprint density at radius 3 is 2.33 bits per heavy atom. The first kappa shape index (κ1) is 15.8. The molecule has 0 spiro atoms. The number of hydrogen-bond acceptors (Lipinski definition) is 2. The summed E-state index contributed by atoms with van der Waals surface area (Å²) in [7, 11) is 0. The van der Waals surface area contributed by atoms with Gasteiger partial charge in [0.05, 0.1) is 11.6 Å². The minimum atomic E-state index is -0.306. The number of nitrogens with zero attached hydrogens (tertiary/aromatic N) is 1. The minimum absolute atomic E-state index is 0.306. The average Bonchev–Trinajstić information content (AvgIpc) is 2.43. The zero-order valence-corrected chi connectivity index (χ0v) is 13.5. The molecule has 21 heavy (non-hydrogen) atoms. The van der Waals surface area contributed by atoms with Crippen LogP contribution in [0.1, 0.15) is 57.6 Å². The maximum absolute atomic E-state index is 13.8. The molecule has 1 aliphatic rings. The third-order valence-electron chi connectivity index (χ3n) is 4.78. The van der Waals surface area contributed by atoms with E-state index in [-0.39, 0.29) is 5.82 Å². The van der Waals surface area contributed by atoms with Crippen molar-refractivity contribution in [3.63, 3.8) is 0 Å². The molecule has 1 aromatic carbocycles. The maximum atomic E-state index is 13.8. The zero-order valence-electron chi connectivity index (χ0n) is 13.5. The number of anilines is 1. The highest BCUT2D eigenvalue weighted by molar-refractivity contribution is 5.56. The second-order valence-corrected chi connectivity index (χ2v) is 7.30. The Morgan fingerprint density at radius 2 is 1.81 bits per heavy atom. The van der Waals surface area contributed by atoms with Gasteiger partial charge in [0, 0.05) is 17.3 Å². The third kappa shape index (κ3) is 3.75. The summed E-state index contributed by atoms with van der Waals surface area (Å²) < 4.78 is 13.8. The molecule has 1 saturated carbocycles. The van der Waals surface area contributed by atoms with Gasteiger partial charge < -0.3 is 5.32 Å². The fourth-order valence-corrected chi connectivity index (χ4v) is 3.22.